The van der Waals surface area contributed by atoms with Crippen LogP contribution in [0.2, 0.25) is 0 Å². The van der Waals surface area contributed by atoms with Crippen LogP contribution in [0.5, 0.6) is 5.75 Å². The summed E-state index contributed by atoms with van der Waals surface area (Å²) < 4.78 is 12.4. The van der Waals surface area contributed by atoms with Crippen LogP contribution in [-0.4, -0.2) is 45.5 Å². The summed E-state index contributed by atoms with van der Waals surface area (Å²) in [6, 6.07) is 18.5. The number of aromatic nitrogens is 4. The zero-order chi connectivity index (χ0) is 22.5. The summed E-state index contributed by atoms with van der Waals surface area (Å²) in [7, 11) is 0. The van der Waals surface area contributed by atoms with Gasteiger partial charge in [0, 0.05) is 18.0 Å². The third kappa shape index (κ3) is 3.82. The van der Waals surface area contributed by atoms with Gasteiger partial charge in [0.2, 0.25) is 0 Å². The SMILES string of the molecule is CC1(Oc2ccc3[nH]nc(-c4cc(N5CCOC(C)(c6ccccc6)C5)ncn4)c3c2)CC1. The molecule has 1 atom stereocenters. The summed E-state index contributed by atoms with van der Waals surface area (Å²) in [5.41, 5.74) is 3.30. The van der Waals surface area contributed by atoms with Crippen LogP contribution in [0.15, 0.2) is 60.9 Å². The number of hydrogen-bond donors (Lipinski definition) is 1. The number of nitrogens with zero attached hydrogens (tertiary/aromatic N) is 4. The lowest BCUT2D eigenvalue weighted by molar-refractivity contribution is -0.0468. The Labute approximate surface area is 192 Å². The Morgan fingerprint density at radius 3 is 2.70 bits per heavy atom. The fourth-order valence-electron chi connectivity index (χ4n) is 4.49. The molecule has 1 N–H and O–H groups in total. The second kappa shape index (κ2) is 7.56. The molecule has 168 valence electrons. The molecule has 7 heteroatoms. The molecule has 2 aromatic heterocycles. The Morgan fingerprint density at radius 2 is 1.88 bits per heavy atom. The van der Waals surface area contributed by atoms with Gasteiger partial charge in [-0.15, -0.1) is 0 Å². The average molecular weight is 442 g/mol. The van der Waals surface area contributed by atoms with E-state index in [2.05, 4.69) is 69.2 Å². The van der Waals surface area contributed by atoms with Crippen molar-refractivity contribution < 1.29 is 9.47 Å². The van der Waals surface area contributed by atoms with Crippen LogP contribution in [0.1, 0.15) is 32.3 Å². The zero-order valence-electron chi connectivity index (χ0n) is 18.9. The van der Waals surface area contributed by atoms with Crippen LogP contribution in [0.25, 0.3) is 22.3 Å². The molecular weight excluding hydrogens is 414 g/mol. The summed E-state index contributed by atoms with van der Waals surface area (Å²) >= 11 is 0. The van der Waals surface area contributed by atoms with Crippen molar-refractivity contribution in [2.75, 3.05) is 24.6 Å². The molecule has 1 aliphatic heterocycles. The van der Waals surface area contributed by atoms with E-state index in [0.29, 0.717) is 13.2 Å². The van der Waals surface area contributed by atoms with Crippen molar-refractivity contribution in [1.29, 1.82) is 0 Å². The first-order valence-electron chi connectivity index (χ1n) is 11.5. The van der Waals surface area contributed by atoms with Crippen molar-refractivity contribution >= 4 is 16.7 Å². The maximum atomic E-state index is 6.21. The third-order valence-corrected chi connectivity index (χ3v) is 6.73. The van der Waals surface area contributed by atoms with Gasteiger partial charge in [0.1, 0.15) is 34.8 Å². The van der Waals surface area contributed by atoms with Crippen LogP contribution in [-0.2, 0) is 10.3 Å². The molecule has 0 amide bonds. The molecule has 4 aromatic rings. The van der Waals surface area contributed by atoms with E-state index < -0.39 is 5.60 Å². The molecule has 33 heavy (non-hydrogen) atoms. The number of H-pyrrole nitrogens is 1. The smallest absolute Gasteiger partial charge is 0.132 e. The van der Waals surface area contributed by atoms with Gasteiger partial charge in [-0.2, -0.15) is 5.10 Å². The van der Waals surface area contributed by atoms with E-state index in [1.165, 1.54) is 5.56 Å². The summed E-state index contributed by atoms with van der Waals surface area (Å²) in [4.78, 5) is 11.4. The van der Waals surface area contributed by atoms with Crippen molar-refractivity contribution in [1.82, 2.24) is 20.2 Å². The molecule has 6 rings (SSSR count). The van der Waals surface area contributed by atoms with Gasteiger partial charge in [0.25, 0.3) is 0 Å². The lowest BCUT2D eigenvalue weighted by Crippen LogP contribution is -2.48. The predicted molar refractivity (Wildman–Crippen MR) is 127 cm³/mol. The average Bonchev–Trinajstić information content (AvgIpc) is 3.42. The van der Waals surface area contributed by atoms with E-state index in [9.17, 15) is 0 Å². The lowest BCUT2D eigenvalue weighted by atomic mass is 9.94. The number of fused-ring (bicyclic) bond motifs is 1. The molecule has 1 aliphatic carbocycles. The second-order valence-electron chi connectivity index (χ2n) is 9.46. The number of rotatable bonds is 5. The van der Waals surface area contributed by atoms with Gasteiger partial charge in [-0.05, 0) is 50.5 Å². The first kappa shape index (κ1) is 20.2. The fraction of sp³-hybridized carbons (Fsp3) is 0.346. The van der Waals surface area contributed by atoms with Gasteiger partial charge in [0.15, 0.2) is 0 Å². The van der Waals surface area contributed by atoms with Gasteiger partial charge in [-0.3, -0.25) is 5.10 Å². The molecule has 1 saturated carbocycles. The van der Waals surface area contributed by atoms with E-state index in [4.69, 9.17) is 9.47 Å². The number of ether oxygens (including phenoxy) is 2. The highest BCUT2D eigenvalue weighted by molar-refractivity contribution is 5.93. The number of aromatic amines is 1. The zero-order valence-corrected chi connectivity index (χ0v) is 18.9. The number of benzene rings is 2. The molecule has 0 bridgehead atoms. The lowest BCUT2D eigenvalue weighted by Gasteiger charge is -2.41. The van der Waals surface area contributed by atoms with E-state index in [-0.39, 0.29) is 5.60 Å². The maximum absolute atomic E-state index is 6.21. The number of anilines is 1. The highest BCUT2D eigenvalue weighted by Gasteiger charge is 2.40. The van der Waals surface area contributed by atoms with E-state index in [1.807, 2.05) is 24.3 Å². The van der Waals surface area contributed by atoms with Crippen LogP contribution < -0.4 is 9.64 Å². The predicted octanol–water partition coefficient (Wildman–Crippen LogP) is 4.70. The van der Waals surface area contributed by atoms with Crippen molar-refractivity contribution in [2.45, 2.75) is 37.9 Å². The molecule has 2 aromatic carbocycles. The summed E-state index contributed by atoms with van der Waals surface area (Å²) in [5.74, 6) is 1.74. The van der Waals surface area contributed by atoms with Gasteiger partial charge in [0.05, 0.1) is 24.4 Å². The van der Waals surface area contributed by atoms with Crippen molar-refractivity contribution in [3.05, 3.63) is 66.5 Å². The maximum Gasteiger partial charge on any atom is 0.132 e. The van der Waals surface area contributed by atoms with E-state index in [1.54, 1.807) is 6.33 Å². The summed E-state index contributed by atoms with van der Waals surface area (Å²) in [6.07, 6.45) is 3.81. The molecule has 1 unspecified atom stereocenters. The standard InChI is InChI=1S/C26H27N5O2/c1-25(10-11-25)33-19-8-9-21-20(14-19)24(30-29-21)22-15-23(28-17-27-22)31-12-13-32-26(2,16-31)18-6-4-3-5-7-18/h3-9,14-15,17H,10-13,16H2,1-2H3,(H,29,30). The highest BCUT2D eigenvalue weighted by Crippen LogP contribution is 2.40. The van der Waals surface area contributed by atoms with Gasteiger partial charge >= 0.3 is 0 Å². The number of nitrogens with one attached hydrogen (secondary N) is 1. The molecule has 3 heterocycles. The van der Waals surface area contributed by atoms with Crippen molar-refractivity contribution in [2.24, 2.45) is 0 Å². The van der Waals surface area contributed by atoms with Gasteiger partial charge in [-0.1, -0.05) is 30.3 Å². The van der Waals surface area contributed by atoms with Crippen LogP contribution >= 0.6 is 0 Å². The van der Waals surface area contributed by atoms with E-state index in [0.717, 1.165) is 53.2 Å². The molecule has 7 nitrogen and oxygen atoms in total. The largest absolute Gasteiger partial charge is 0.488 e. The Bertz CT molecular complexity index is 1300. The first-order chi connectivity index (χ1) is 16.0. The Balaban J connectivity index is 1.31. The minimum atomic E-state index is -0.394. The molecule has 0 radical (unpaired) electrons. The minimum Gasteiger partial charge on any atom is -0.488 e. The quantitative estimate of drug-likeness (QED) is 0.484. The number of hydrogen-bond acceptors (Lipinski definition) is 6. The summed E-state index contributed by atoms with van der Waals surface area (Å²) in [6.45, 7) is 6.41. The topological polar surface area (TPSA) is 76.2 Å². The van der Waals surface area contributed by atoms with Gasteiger partial charge in [-0.25, -0.2) is 9.97 Å². The molecule has 1 saturated heterocycles. The van der Waals surface area contributed by atoms with Crippen LogP contribution in [0, 0.1) is 0 Å². The highest BCUT2D eigenvalue weighted by atomic mass is 16.5. The fourth-order valence-corrected chi connectivity index (χ4v) is 4.49. The monoisotopic (exact) mass is 441 g/mol. The Hall–Kier alpha value is -3.45. The minimum absolute atomic E-state index is 0.0264. The second-order valence-corrected chi connectivity index (χ2v) is 9.46. The van der Waals surface area contributed by atoms with E-state index >= 15 is 0 Å². The van der Waals surface area contributed by atoms with Crippen molar-refractivity contribution in [3.8, 4) is 17.1 Å². The normalized spacial score (nSPS) is 21.8. The van der Waals surface area contributed by atoms with Crippen LogP contribution in [0.3, 0.4) is 0 Å². The molecule has 2 aliphatic rings. The Morgan fingerprint density at radius 1 is 1.03 bits per heavy atom. The Kier molecular flexibility index (Phi) is 4.62. The molecule has 0 spiro atoms. The first-order valence-corrected chi connectivity index (χ1v) is 11.5. The van der Waals surface area contributed by atoms with Gasteiger partial charge < -0.3 is 14.4 Å². The summed E-state index contributed by atoms with van der Waals surface area (Å²) in [5, 5.41) is 8.69. The number of morpholine rings is 1. The van der Waals surface area contributed by atoms with Crippen molar-refractivity contribution in [3.63, 3.8) is 0 Å². The third-order valence-electron chi connectivity index (χ3n) is 6.73. The van der Waals surface area contributed by atoms with Crippen LogP contribution in [0.4, 0.5) is 5.82 Å². The molecule has 2 fully saturated rings. The molecular formula is C26H27N5O2.